The number of benzene rings is 2. The van der Waals surface area contributed by atoms with Crippen molar-refractivity contribution < 1.29 is 17.0 Å². The molecule has 2 rings (SSSR count). The topological polar surface area (TPSA) is 60.4 Å². The van der Waals surface area contributed by atoms with Crippen molar-refractivity contribution in [2.45, 2.75) is 4.90 Å². The summed E-state index contributed by atoms with van der Waals surface area (Å²) in [6, 6.07) is 15.2. The predicted molar refractivity (Wildman–Crippen MR) is 76.3 cm³/mol. The lowest BCUT2D eigenvalue weighted by Crippen LogP contribution is -2.06. The fourth-order valence-corrected chi connectivity index (χ4v) is 4.72. The van der Waals surface area contributed by atoms with Gasteiger partial charge in [0.05, 0.1) is 0 Å². The van der Waals surface area contributed by atoms with Gasteiger partial charge in [0.25, 0.3) is 0 Å². The van der Waals surface area contributed by atoms with Gasteiger partial charge in [0.1, 0.15) is 4.90 Å². The molecule has 1 radical (unpaired) electrons. The molecule has 0 fully saturated rings. The van der Waals surface area contributed by atoms with Gasteiger partial charge < -0.3 is 0 Å². The molecule has 2 aromatic carbocycles. The average molecular weight is 360 g/mol. The molecule has 1 unspecified atom stereocenters. The maximum absolute atomic E-state index is 12.0. The third kappa shape index (κ3) is 3.54. The molecule has 99 valence electrons. The zero-order chi connectivity index (χ0) is 13.9. The molecule has 0 aliphatic carbocycles. The molecule has 7 heteroatoms. The summed E-state index contributed by atoms with van der Waals surface area (Å²) in [7, 11) is -6.94. The molecule has 0 aliphatic heterocycles. The Hall–Kier alpha value is -0.940. The van der Waals surface area contributed by atoms with Crippen LogP contribution >= 0.6 is 24.0 Å². The third-order valence-electron chi connectivity index (χ3n) is 2.24. The highest BCUT2D eigenvalue weighted by atomic mass is 79.9. The number of halogens is 1. The van der Waals surface area contributed by atoms with Crippen LogP contribution in [0.4, 0.5) is 0 Å². The molecular formula is C12H9BrO4PS. The van der Waals surface area contributed by atoms with E-state index in [1.165, 1.54) is 12.1 Å². The van der Waals surface area contributed by atoms with E-state index >= 15 is 0 Å². The van der Waals surface area contributed by atoms with Gasteiger partial charge in [0.15, 0.2) is 0 Å². The Morgan fingerprint density at radius 1 is 1.16 bits per heavy atom. The Labute approximate surface area is 120 Å². The Morgan fingerprint density at radius 3 is 2.47 bits per heavy atom. The van der Waals surface area contributed by atoms with E-state index < -0.39 is 18.1 Å². The molecular weight excluding hydrogens is 351 g/mol. The van der Waals surface area contributed by atoms with Crippen molar-refractivity contribution in [1.82, 2.24) is 0 Å². The van der Waals surface area contributed by atoms with Gasteiger partial charge in [-0.15, -0.1) is 0 Å². The molecule has 0 saturated carbocycles. The molecule has 0 bridgehead atoms. The van der Waals surface area contributed by atoms with E-state index in [0.717, 1.165) is 0 Å². The maximum Gasteiger partial charge on any atom is 0.303 e. The van der Waals surface area contributed by atoms with Crippen LogP contribution in [0, 0.1) is 6.07 Å². The highest BCUT2D eigenvalue weighted by molar-refractivity contribution is 9.10. The first kappa shape index (κ1) is 14.5. The summed E-state index contributed by atoms with van der Waals surface area (Å²) >= 11 is 3.11. The van der Waals surface area contributed by atoms with Crippen molar-refractivity contribution in [3.63, 3.8) is 0 Å². The van der Waals surface area contributed by atoms with E-state index in [4.69, 9.17) is 3.97 Å². The van der Waals surface area contributed by atoms with E-state index in [-0.39, 0.29) is 4.90 Å². The van der Waals surface area contributed by atoms with Gasteiger partial charge in [-0.3, -0.25) is 4.57 Å². The van der Waals surface area contributed by atoms with Crippen molar-refractivity contribution in [2.75, 3.05) is 0 Å². The lowest BCUT2D eigenvalue weighted by Gasteiger charge is -2.06. The monoisotopic (exact) mass is 359 g/mol. The normalized spacial score (nSPS) is 13.1. The number of hydrogen-bond acceptors (Lipinski definition) is 4. The quantitative estimate of drug-likeness (QED) is 0.787. The summed E-state index contributed by atoms with van der Waals surface area (Å²) in [5.74, 6) is 0. The lowest BCUT2D eigenvalue weighted by molar-refractivity contribution is 0.480. The van der Waals surface area contributed by atoms with Crippen LogP contribution in [-0.2, 0) is 18.7 Å². The second kappa shape index (κ2) is 6.01. The van der Waals surface area contributed by atoms with Gasteiger partial charge in [0, 0.05) is 9.78 Å². The van der Waals surface area contributed by atoms with Crippen LogP contribution in [0.15, 0.2) is 57.9 Å². The molecule has 0 saturated heterocycles. The SMILES string of the molecule is O=[PH](OS(=O)(=O)c1c[c]ccc1Br)c1ccccc1. The zero-order valence-corrected chi connectivity index (χ0v) is 12.9. The molecule has 4 nitrogen and oxygen atoms in total. The van der Waals surface area contributed by atoms with Crippen LogP contribution in [-0.4, -0.2) is 8.42 Å². The van der Waals surface area contributed by atoms with Crippen molar-refractivity contribution >= 4 is 39.4 Å². The first-order chi connectivity index (χ1) is 9.00. The van der Waals surface area contributed by atoms with Crippen LogP contribution in [0.3, 0.4) is 0 Å². The first-order valence-corrected chi connectivity index (χ1v) is 8.72. The second-order valence-corrected chi connectivity index (χ2v) is 7.57. The summed E-state index contributed by atoms with van der Waals surface area (Å²) in [5, 5.41) is 0.354. The fourth-order valence-electron chi connectivity index (χ4n) is 1.35. The van der Waals surface area contributed by atoms with Crippen molar-refractivity contribution in [2.24, 2.45) is 0 Å². The Bertz CT molecular complexity index is 701. The summed E-state index contributed by atoms with van der Waals surface area (Å²) < 4.78 is 41.0. The highest BCUT2D eigenvalue weighted by Gasteiger charge is 2.22. The molecule has 0 amide bonds. The Morgan fingerprint density at radius 2 is 1.84 bits per heavy atom. The average Bonchev–Trinajstić information content (AvgIpc) is 2.39. The van der Waals surface area contributed by atoms with Gasteiger partial charge in [-0.25, -0.2) is 3.97 Å². The van der Waals surface area contributed by atoms with Gasteiger partial charge in [-0.05, 0) is 46.3 Å². The predicted octanol–water partition coefficient (Wildman–Crippen LogP) is 2.75. The van der Waals surface area contributed by atoms with Gasteiger partial charge in [-0.1, -0.05) is 24.3 Å². The summed E-state index contributed by atoms with van der Waals surface area (Å²) in [6.07, 6.45) is 0. The molecule has 0 aromatic heterocycles. The maximum atomic E-state index is 12.0. The van der Waals surface area contributed by atoms with E-state index in [2.05, 4.69) is 22.0 Å². The van der Waals surface area contributed by atoms with Crippen LogP contribution in [0.1, 0.15) is 0 Å². The van der Waals surface area contributed by atoms with Gasteiger partial charge in [-0.2, -0.15) is 8.42 Å². The van der Waals surface area contributed by atoms with Crippen molar-refractivity contribution in [1.29, 1.82) is 0 Å². The molecule has 0 spiro atoms. The van der Waals surface area contributed by atoms with E-state index in [1.54, 1.807) is 36.4 Å². The van der Waals surface area contributed by atoms with Crippen molar-refractivity contribution in [3.8, 4) is 0 Å². The summed E-state index contributed by atoms with van der Waals surface area (Å²) in [4.78, 5) is -0.0933. The second-order valence-electron chi connectivity index (χ2n) is 3.55. The van der Waals surface area contributed by atoms with Crippen LogP contribution in [0.2, 0.25) is 0 Å². The van der Waals surface area contributed by atoms with E-state index in [0.29, 0.717) is 9.78 Å². The number of rotatable bonds is 4. The van der Waals surface area contributed by atoms with Gasteiger partial charge in [0.2, 0.25) is 8.03 Å². The van der Waals surface area contributed by atoms with Crippen molar-refractivity contribution in [3.05, 3.63) is 59.1 Å². The third-order valence-corrected chi connectivity index (χ3v) is 6.36. The molecule has 2 aromatic rings. The minimum atomic E-state index is -4.08. The first-order valence-electron chi connectivity index (χ1n) is 5.20. The molecule has 0 N–H and O–H groups in total. The zero-order valence-electron chi connectivity index (χ0n) is 9.54. The Balaban J connectivity index is 2.29. The van der Waals surface area contributed by atoms with Crippen LogP contribution in [0.5, 0.6) is 0 Å². The summed E-state index contributed by atoms with van der Waals surface area (Å²) in [6.45, 7) is 0. The minimum Gasteiger partial charge on any atom is -0.290 e. The fraction of sp³-hybridized carbons (Fsp3) is 0. The summed E-state index contributed by atoms with van der Waals surface area (Å²) in [5.41, 5.74) is 0. The highest BCUT2D eigenvalue weighted by Crippen LogP contribution is 2.31. The number of hydrogen-bond donors (Lipinski definition) is 0. The van der Waals surface area contributed by atoms with Gasteiger partial charge >= 0.3 is 10.1 Å². The molecule has 19 heavy (non-hydrogen) atoms. The van der Waals surface area contributed by atoms with E-state index in [9.17, 15) is 13.0 Å². The largest absolute Gasteiger partial charge is 0.303 e. The molecule has 0 heterocycles. The minimum absolute atomic E-state index is 0.0933. The smallest absolute Gasteiger partial charge is 0.290 e. The Kier molecular flexibility index (Phi) is 4.58. The van der Waals surface area contributed by atoms with E-state index in [1.807, 2.05) is 0 Å². The standard InChI is InChI=1S/C12H9BrO4PS/c13-11-8-4-5-9-12(11)19(15,16)17-18(14)10-6-2-1-3-7-10/h1-4,6-9,18H. The molecule has 0 aliphatic rings. The molecule has 1 atom stereocenters. The van der Waals surface area contributed by atoms with Crippen LogP contribution in [0.25, 0.3) is 0 Å². The lowest BCUT2D eigenvalue weighted by atomic mass is 10.4. The van der Waals surface area contributed by atoms with Crippen LogP contribution < -0.4 is 5.30 Å².